The van der Waals surface area contributed by atoms with Crippen molar-refractivity contribution < 1.29 is 29.1 Å². The standard InChI is InChI=1S/C48H59ClN10O7S/c1-28-40(67-27-53-28)30-13-11-29(12-14-30)24-50-42(63)34-21-31(60)25-58(34)45(66)41(46(2,3)4)56-38(62)10-8-6-5-7-9-37(61)55-36-23-35(51-26-52-36)54-33-22-32(49)39-43(64)57-48(59(39)44(33)65)19-17-47(15-16-47)18-20-48/h11-14,22-23,26-27,31,34,41,60H,5-10,15-21,24-25H2,1-4H3,(H,50,63)(H,56,62)(H,57,64)(H2,51,52,54,55,61)/t31-,34?,41?/m1/s1. The fourth-order valence-corrected chi connectivity index (χ4v) is 10.7. The van der Waals surface area contributed by atoms with Crippen LogP contribution >= 0.6 is 22.9 Å². The van der Waals surface area contributed by atoms with Crippen LogP contribution in [-0.4, -0.2) is 83.8 Å². The Morgan fingerprint density at radius 1 is 0.925 bits per heavy atom. The average Bonchev–Trinajstić information content (AvgIpc) is 3.55. The predicted octanol–water partition coefficient (Wildman–Crippen LogP) is 6.31. The number of hydrogen-bond donors (Lipinski definition) is 6. The van der Waals surface area contributed by atoms with Crippen LogP contribution in [-0.2, 0) is 31.4 Å². The van der Waals surface area contributed by atoms with Gasteiger partial charge < -0.3 is 36.6 Å². The van der Waals surface area contributed by atoms with E-state index in [2.05, 4.69) is 41.5 Å². The van der Waals surface area contributed by atoms with E-state index in [1.807, 2.05) is 57.5 Å². The number of anilines is 3. The molecule has 1 saturated heterocycles. The lowest BCUT2D eigenvalue weighted by Gasteiger charge is -2.38. The molecule has 356 valence electrons. The van der Waals surface area contributed by atoms with Crippen molar-refractivity contribution >= 4 is 69.8 Å². The molecule has 2 aliphatic carbocycles. The number of halogens is 1. The van der Waals surface area contributed by atoms with Gasteiger partial charge in [0, 0.05) is 38.4 Å². The Bertz CT molecular complexity index is 2600. The summed E-state index contributed by atoms with van der Waals surface area (Å²) in [5, 5.41) is 25.4. The second-order valence-corrected chi connectivity index (χ2v) is 21.0. The third kappa shape index (κ3) is 10.7. The monoisotopic (exact) mass is 954 g/mol. The van der Waals surface area contributed by atoms with Crippen molar-refractivity contribution in [3.63, 3.8) is 0 Å². The van der Waals surface area contributed by atoms with Crippen molar-refractivity contribution in [2.24, 2.45) is 10.8 Å². The van der Waals surface area contributed by atoms with Gasteiger partial charge in [-0.15, -0.1) is 11.3 Å². The summed E-state index contributed by atoms with van der Waals surface area (Å²) in [7, 11) is 0. The summed E-state index contributed by atoms with van der Waals surface area (Å²) in [6, 6.07) is 8.99. The normalized spacial score (nSPS) is 19.4. The number of unbranched alkanes of at least 4 members (excludes halogenated alkanes) is 3. The van der Waals surface area contributed by atoms with Crippen molar-refractivity contribution in [1.29, 1.82) is 0 Å². The number of aliphatic hydroxyl groups excluding tert-OH is 1. The lowest BCUT2D eigenvalue weighted by atomic mass is 9.79. The molecule has 5 heterocycles. The van der Waals surface area contributed by atoms with Crippen LogP contribution in [0.5, 0.6) is 0 Å². The first-order valence-corrected chi connectivity index (χ1v) is 24.4. The Kier molecular flexibility index (Phi) is 13.9. The number of fused-ring (bicyclic) bond motifs is 2. The molecule has 0 radical (unpaired) electrons. The first-order chi connectivity index (χ1) is 31.9. The number of aromatic nitrogens is 4. The smallest absolute Gasteiger partial charge is 0.276 e. The molecule has 6 N–H and O–H groups in total. The Hall–Kier alpha value is -5.72. The van der Waals surface area contributed by atoms with Gasteiger partial charge in [-0.25, -0.2) is 15.0 Å². The quantitative estimate of drug-likeness (QED) is 0.0683. The van der Waals surface area contributed by atoms with E-state index in [-0.39, 0.29) is 89.6 Å². The molecule has 19 heteroatoms. The largest absolute Gasteiger partial charge is 0.391 e. The first kappa shape index (κ1) is 47.8. The highest BCUT2D eigenvalue weighted by atomic mass is 35.5. The molecule has 2 unspecified atom stereocenters. The van der Waals surface area contributed by atoms with E-state index in [9.17, 15) is 33.9 Å². The molecule has 4 aliphatic rings. The van der Waals surface area contributed by atoms with E-state index < -0.39 is 35.2 Å². The summed E-state index contributed by atoms with van der Waals surface area (Å²) in [4.78, 5) is 95.7. The van der Waals surface area contributed by atoms with Crippen LogP contribution in [0.25, 0.3) is 10.4 Å². The zero-order chi connectivity index (χ0) is 47.7. The second-order valence-electron chi connectivity index (χ2n) is 19.7. The maximum Gasteiger partial charge on any atom is 0.276 e. The van der Waals surface area contributed by atoms with E-state index in [0.717, 1.165) is 34.5 Å². The van der Waals surface area contributed by atoms with E-state index in [1.165, 1.54) is 40.8 Å². The van der Waals surface area contributed by atoms with Crippen LogP contribution in [0.3, 0.4) is 0 Å². The maximum absolute atomic E-state index is 14.0. The maximum atomic E-state index is 14.0. The van der Waals surface area contributed by atoms with Crippen LogP contribution in [0.4, 0.5) is 17.3 Å². The number of carbonyl (C=O) groups is 5. The Morgan fingerprint density at radius 2 is 1.60 bits per heavy atom. The zero-order valence-corrected chi connectivity index (χ0v) is 39.9. The number of rotatable bonds is 16. The van der Waals surface area contributed by atoms with E-state index in [1.54, 1.807) is 11.3 Å². The lowest BCUT2D eigenvalue weighted by Crippen LogP contribution is -2.57. The average molecular weight is 956 g/mol. The van der Waals surface area contributed by atoms with Gasteiger partial charge in [-0.2, -0.15) is 0 Å². The molecule has 1 aromatic carbocycles. The Labute approximate surface area is 398 Å². The van der Waals surface area contributed by atoms with Gasteiger partial charge in [0.2, 0.25) is 23.6 Å². The summed E-state index contributed by atoms with van der Waals surface area (Å²) < 4.78 is 1.52. The number of aliphatic hydroxyl groups is 1. The molecule has 0 bridgehead atoms. The fraction of sp³-hybridized carbons (Fsp3) is 0.521. The van der Waals surface area contributed by atoms with Gasteiger partial charge in [-0.1, -0.05) is 69.5 Å². The van der Waals surface area contributed by atoms with Gasteiger partial charge >= 0.3 is 0 Å². The van der Waals surface area contributed by atoms with Crippen LogP contribution in [0.1, 0.15) is 126 Å². The topological polar surface area (TPSA) is 230 Å². The number of aryl methyl sites for hydroxylation is 1. The summed E-state index contributed by atoms with van der Waals surface area (Å²) in [6.07, 6.45) is 8.90. The number of β-amino-alcohol motifs (C(OH)–C–C–N with tert-alkyl or cyclic N) is 1. The number of carbonyl (C=O) groups excluding carboxylic acids is 5. The minimum absolute atomic E-state index is 0.0137. The number of nitrogens with zero attached hydrogens (tertiary/aromatic N) is 5. The summed E-state index contributed by atoms with van der Waals surface area (Å²) >= 11 is 8.16. The number of amides is 5. The van der Waals surface area contributed by atoms with Crippen LogP contribution in [0.2, 0.25) is 5.02 Å². The molecule has 17 nitrogen and oxygen atoms in total. The molecule has 67 heavy (non-hydrogen) atoms. The van der Waals surface area contributed by atoms with E-state index in [0.29, 0.717) is 43.9 Å². The molecule has 2 spiro atoms. The zero-order valence-electron chi connectivity index (χ0n) is 38.4. The van der Waals surface area contributed by atoms with Crippen LogP contribution in [0, 0.1) is 17.8 Å². The molecule has 5 amide bonds. The number of hydrogen-bond acceptors (Lipinski definition) is 12. The molecule has 2 saturated carbocycles. The molecular formula is C48H59ClN10O7S. The Morgan fingerprint density at radius 3 is 2.25 bits per heavy atom. The van der Waals surface area contributed by atoms with Crippen molar-refractivity contribution in [3.05, 3.63) is 80.6 Å². The highest BCUT2D eigenvalue weighted by Gasteiger charge is 2.54. The minimum atomic E-state index is -0.927. The molecule has 3 aromatic heterocycles. The summed E-state index contributed by atoms with van der Waals surface area (Å²) in [6.45, 7) is 7.74. The van der Waals surface area contributed by atoms with Gasteiger partial charge in [0.05, 0.1) is 27.2 Å². The number of nitrogens with one attached hydrogen (secondary N) is 5. The van der Waals surface area contributed by atoms with Gasteiger partial charge in [-0.05, 0) is 86.3 Å². The van der Waals surface area contributed by atoms with E-state index >= 15 is 0 Å². The molecule has 3 fully saturated rings. The van der Waals surface area contributed by atoms with Crippen molar-refractivity contribution in [1.82, 2.24) is 40.4 Å². The highest BCUT2D eigenvalue weighted by Crippen LogP contribution is 2.59. The first-order valence-electron chi connectivity index (χ1n) is 23.2. The minimum Gasteiger partial charge on any atom is -0.391 e. The van der Waals surface area contributed by atoms with Gasteiger partial charge in [0.15, 0.2) is 0 Å². The predicted molar refractivity (Wildman–Crippen MR) is 255 cm³/mol. The molecule has 2 aliphatic heterocycles. The van der Waals surface area contributed by atoms with Crippen LogP contribution in [0.15, 0.2) is 53.0 Å². The van der Waals surface area contributed by atoms with Crippen molar-refractivity contribution in [2.75, 3.05) is 17.2 Å². The highest BCUT2D eigenvalue weighted by molar-refractivity contribution is 7.13. The number of benzene rings is 1. The molecular weight excluding hydrogens is 896 g/mol. The van der Waals surface area contributed by atoms with Gasteiger partial charge in [0.25, 0.3) is 11.5 Å². The number of likely N-dealkylation sites (tertiary alicyclic amines) is 1. The van der Waals surface area contributed by atoms with Gasteiger partial charge in [-0.3, -0.25) is 33.3 Å². The SMILES string of the molecule is Cc1ncsc1-c1ccc(CNC(=O)C2C[C@@H](O)CN2C(=O)C(NC(=O)CCCCCCC(=O)Nc2cc(Nc3cc(Cl)c4n(c3=O)C3(CCC5(CC5)CC3)NC4=O)ncn2)C(C)(C)C)cc1. The number of thiazole rings is 1. The number of pyridine rings is 1. The van der Waals surface area contributed by atoms with Crippen molar-refractivity contribution in [3.8, 4) is 10.4 Å². The third-order valence-corrected chi connectivity index (χ3v) is 15.0. The molecule has 4 aromatic rings. The van der Waals surface area contributed by atoms with Crippen LogP contribution < -0.4 is 32.1 Å². The van der Waals surface area contributed by atoms with Crippen molar-refractivity contribution in [2.45, 2.75) is 142 Å². The second kappa shape index (κ2) is 19.5. The third-order valence-electron chi connectivity index (χ3n) is 13.7. The summed E-state index contributed by atoms with van der Waals surface area (Å²) in [5.41, 5.74) is 3.48. The molecule has 3 atom stereocenters. The van der Waals surface area contributed by atoms with E-state index in [4.69, 9.17) is 11.6 Å². The lowest BCUT2D eigenvalue weighted by molar-refractivity contribution is -0.144. The fourth-order valence-electron chi connectivity index (χ4n) is 9.61. The molecule has 8 rings (SSSR count). The Balaban J connectivity index is 0.771. The summed E-state index contributed by atoms with van der Waals surface area (Å²) in [5.74, 6) is -1.20. The van der Waals surface area contributed by atoms with Gasteiger partial charge in [0.1, 0.15) is 47.1 Å².